The van der Waals surface area contributed by atoms with Crippen LogP contribution in [0.4, 0.5) is 0 Å². The molecule has 0 heterocycles. The van der Waals surface area contributed by atoms with Crippen LogP contribution in [0.25, 0.3) is 0 Å². The third-order valence-corrected chi connectivity index (χ3v) is 2.22. The zero-order valence-electron chi connectivity index (χ0n) is 8.54. The number of ketones is 1. The van der Waals surface area contributed by atoms with Crippen molar-refractivity contribution in [1.82, 2.24) is 0 Å². The molecule has 0 N–H and O–H groups in total. The van der Waals surface area contributed by atoms with Crippen LogP contribution in [-0.2, 0) is 9.53 Å². The third-order valence-electron chi connectivity index (χ3n) is 1.77. The van der Waals surface area contributed by atoms with Gasteiger partial charge in [0.25, 0.3) is 5.78 Å². The van der Waals surface area contributed by atoms with Gasteiger partial charge in [0.05, 0.1) is 6.61 Å². The molecule has 4 heteroatoms. The van der Waals surface area contributed by atoms with E-state index in [1.807, 2.05) is 13.0 Å². The van der Waals surface area contributed by atoms with Crippen LogP contribution in [0.3, 0.4) is 0 Å². The lowest BCUT2D eigenvalue weighted by Crippen LogP contribution is -2.17. The first-order chi connectivity index (χ1) is 7.04. The van der Waals surface area contributed by atoms with E-state index in [0.717, 1.165) is 10.0 Å². The topological polar surface area (TPSA) is 43.4 Å². The fraction of sp³-hybridized carbons (Fsp3) is 0.273. The van der Waals surface area contributed by atoms with Crippen LogP contribution in [0.5, 0.6) is 0 Å². The summed E-state index contributed by atoms with van der Waals surface area (Å²) in [7, 11) is 0. The van der Waals surface area contributed by atoms with Crippen molar-refractivity contribution in [3.05, 3.63) is 33.8 Å². The van der Waals surface area contributed by atoms with Crippen LogP contribution in [0, 0.1) is 6.92 Å². The summed E-state index contributed by atoms with van der Waals surface area (Å²) in [5, 5.41) is 0. The van der Waals surface area contributed by atoms with Crippen LogP contribution in [0.15, 0.2) is 22.7 Å². The van der Waals surface area contributed by atoms with E-state index in [1.165, 1.54) is 0 Å². The van der Waals surface area contributed by atoms with E-state index in [9.17, 15) is 9.59 Å². The first-order valence-electron chi connectivity index (χ1n) is 4.53. The van der Waals surface area contributed by atoms with Crippen molar-refractivity contribution >= 4 is 27.7 Å². The molecular weight excluding hydrogens is 260 g/mol. The molecule has 1 rings (SSSR count). The molecule has 0 aromatic heterocycles. The lowest BCUT2D eigenvalue weighted by Gasteiger charge is -2.03. The summed E-state index contributed by atoms with van der Waals surface area (Å²) in [6.07, 6.45) is 0. The van der Waals surface area contributed by atoms with Gasteiger partial charge in [-0.05, 0) is 37.6 Å². The van der Waals surface area contributed by atoms with Gasteiger partial charge in [0.2, 0.25) is 0 Å². The molecule has 3 nitrogen and oxygen atoms in total. The van der Waals surface area contributed by atoms with Gasteiger partial charge in [-0.3, -0.25) is 4.79 Å². The Morgan fingerprint density at radius 3 is 2.53 bits per heavy atom. The maximum Gasteiger partial charge on any atom is 0.379 e. The SMILES string of the molecule is CCOC(=O)C(=O)c1cc(C)cc(Br)c1. The summed E-state index contributed by atoms with van der Waals surface area (Å²) in [6.45, 7) is 3.72. The maximum atomic E-state index is 11.5. The van der Waals surface area contributed by atoms with E-state index in [4.69, 9.17) is 0 Å². The van der Waals surface area contributed by atoms with Crippen molar-refractivity contribution in [3.63, 3.8) is 0 Å². The van der Waals surface area contributed by atoms with Gasteiger partial charge in [-0.25, -0.2) is 4.79 Å². The predicted molar refractivity (Wildman–Crippen MR) is 59.8 cm³/mol. The molecule has 0 fully saturated rings. The average Bonchev–Trinajstić information content (AvgIpc) is 2.15. The van der Waals surface area contributed by atoms with Crippen LogP contribution < -0.4 is 0 Å². The van der Waals surface area contributed by atoms with Crippen LogP contribution in [-0.4, -0.2) is 18.4 Å². The monoisotopic (exact) mass is 270 g/mol. The highest BCUT2D eigenvalue weighted by Gasteiger charge is 2.17. The van der Waals surface area contributed by atoms with Crippen molar-refractivity contribution in [2.75, 3.05) is 6.61 Å². The maximum absolute atomic E-state index is 11.5. The number of carbonyl (C=O) groups is 2. The molecule has 0 aliphatic heterocycles. The molecule has 0 aliphatic rings. The number of carbonyl (C=O) groups excluding carboxylic acids is 2. The predicted octanol–water partition coefficient (Wildman–Crippen LogP) is 2.50. The fourth-order valence-electron chi connectivity index (χ4n) is 1.18. The highest BCUT2D eigenvalue weighted by atomic mass is 79.9. The quantitative estimate of drug-likeness (QED) is 0.482. The molecule has 0 saturated carbocycles. The largest absolute Gasteiger partial charge is 0.460 e. The number of halogens is 1. The van der Waals surface area contributed by atoms with Crippen molar-refractivity contribution in [2.24, 2.45) is 0 Å². The summed E-state index contributed by atoms with van der Waals surface area (Å²) >= 11 is 3.27. The molecule has 0 unspecified atom stereocenters. The number of rotatable bonds is 3. The van der Waals surface area contributed by atoms with Crippen LogP contribution in [0.1, 0.15) is 22.8 Å². The summed E-state index contributed by atoms with van der Waals surface area (Å²) in [6, 6.07) is 5.12. The molecule has 0 atom stereocenters. The Bertz CT molecular complexity index is 379. The molecule has 0 spiro atoms. The number of esters is 1. The molecule has 0 aliphatic carbocycles. The van der Waals surface area contributed by atoms with Gasteiger partial charge in [0, 0.05) is 10.0 Å². The normalized spacial score (nSPS) is 9.80. The molecule has 0 amide bonds. The minimum Gasteiger partial charge on any atom is -0.460 e. The Hall–Kier alpha value is -1.16. The van der Waals surface area contributed by atoms with Gasteiger partial charge in [-0.1, -0.05) is 15.9 Å². The van der Waals surface area contributed by atoms with Crippen molar-refractivity contribution in [2.45, 2.75) is 13.8 Å². The number of hydrogen-bond acceptors (Lipinski definition) is 3. The Labute approximate surface area is 96.6 Å². The van der Waals surface area contributed by atoms with Crippen LogP contribution in [0.2, 0.25) is 0 Å². The van der Waals surface area contributed by atoms with Gasteiger partial charge in [-0.2, -0.15) is 0 Å². The first kappa shape index (κ1) is 11.9. The number of benzene rings is 1. The van der Waals surface area contributed by atoms with Gasteiger partial charge in [-0.15, -0.1) is 0 Å². The minimum atomic E-state index is -0.810. The fourth-order valence-corrected chi connectivity index (χ4v) is 1.79. The zero-order valence-corrected chi connectivity index (χ0v) is 10.1. The van der Waals surface area contributed by atoms with Crippen molar-refractivity contribution in [3.8, 4) is 0 Å². The van der Waals surface area contributed by atoms with Gasteiger partial charge >= 0.3 is 5.97 Å². The van der Waals surface area contributed by atoms with E-state index in [-0.39, 0.29) is 6.61 Å². The second-order valence-electron chi connectivity index (χ2n) is 3.07. The average molecular weight is 271 g/mol. The molecule has 0 bridgehead atoms. The highest BCUT2D eigenvalue weighted by Crippen LogP contribution is 2.16. The minimum absolute atomic E-state index is 0.206. The summed E-state index contributed by atoms with van der Waals surface area (Å²) in [5.74, 6) is -1.42. The number of ether oxygens (including phenoxy) is 1. The van der Waals surface area contributed by atoms with E-state index in [1.54, 1.807) is 19.1 Å². The van der Waals surface area contributed by atoms with Crippen molar-refractivity contribution < 1.29 is 14.3 Å². The molecule has 0 saturated heterocycles. The van der Waals surface area contributed by atoms with E-state index in [2.05, 4.69) is 20.7 Å². The van der Waals surface area contributed by atoms with Gasteiger partial charge in [0.15, 0.2) is 0 Å². The standard InChI is InChI=1S/C11H11BrO3/c1-3-15-11(14)10(13)8-4-7(2)5-9(12)6-8/h4-6H,3H2,1-2H3. The van der Waals surface area contributed by atoms with Crippen LogP contribution >= 0.6 is 15.9 Å². The second kappa shape index (κ2) is 5.07. The number of Topliss-reactive ketones (excluding diaryl/α,β-unsaturated/α-hetero) is 1. The smallest absolute Gasteiger partial charge is 0.379 e. The summed E-state index contributed by atoms with van der Waals surface area (Å²) in [5.41, 5.74) is 1.26. The summed E-state index contributed by atoms with van der Waals surface area (Å²) < 4.78 is 5.41. The first-order valence-corrected chi connectivity index (χ1v) is 5.32. The Morgan fingerprint density at radius 2 is 2.00 bits per heavy atom. The van der Waals surface area contributed by atoms with E-state index >= 15 is 0 Å². The molecule has 15 heavy (non-hydrogen) atoms. The third kappa shape index (κ3) is 3.16. The Kier molecular flexibility index (Phi) is 4.03. The second-order valence-corrected chi connectivity index (χ2v) is 3.98. The molecule has 1 aromatic carbocycles. The Balaban J connectivity index is 2.96. The highest BCUT2D eigenvalue weighted by molar-refractivity contribution is 9.10. The van der Waals surface area contributed by atoms with E-state index in [0.29, 0.717) is 5.56 Å². The lowest BCUT2D eigenvalue weighted by atomic mass is 10.1. The number of hydrogen-bond donors (Lipinski definition) is 0. The zero-order chi connectivity index (χ0) is 11.4. The van der Waals surface area contributed by atoms with E-state index < -0.39 is 11.8 Å². The molecule has 0 radical (unpaired) electrons. The van der Waals surface area contributed by atoms with Gasteiger partial charge in [0.1, 0.15) is 0 Å². The summed E-state index contributed by atoms with van der Waals surface area (Å²) in [4.78, 5) is 22.7. The Morgan fingerprint density at radius 1 is 1.33 bits per heavy atom. The van der Waals surface area contributed by atoms with Crippen molar-refractivity contribution in [1.29, 1.82) is 0 Å². The molecule has 80 valence electrons. The molecular formula is C11H11BrO3. The lowest BCUT2D eigenvalue weighted by molar-refractivity contribution is -0.137. The van der Waals surface area contributed by atoms with Gasteiger partial charge < -0.3 is 4.74 Å². The number of aryl methyl sites for hydroxylation is 1. The molecule has 1 aromatic rings.